The summed E-state index contributed by atoms with van der Waals surface area (Å²) >= 11 is 6.25. The number of aryl methyl sites for hydroxylation is 2. The lowest BCUT2D eigenvalue weighted by atomic mass is 9.97. The van der Waals surface area contributed by atoms with E-state index < -0.39 is 6.10 Å². The zero-order chi connectivity index (χ0) is 13.9. The molecule has 0 radical (unpaired) electrons. The van der Waals surface area contributed by atoms with Crippen LogP contribution in [-0.4, -0.2) is 33.7 Å². The standard InChI is InChI=1S/C13H23ClN2O2/c1-6-10-12(14)11(16(4)15-10)7-9(17)8-13(2,3)18-5/h9,17H,6-8H2,1-5H3. The third-order valence-corrected chi connectivity index (χ3v) is 3.65. The van der Waals surface area contributed by atoms with Gasteiger partial charge in [-0.25, -0.2) is 0 Å². The summed E-state index contributed by atoms with van der Waals surface area (Å²) in [6.45, 7) is 5.93. The second kappa shape index (κ2) is 6.04. The van der Waals surface area contributed by atoms with Gasteiger partial charge in [0.15, 0.2) is 0 Å². The third-order valence-electron chi connectivity index (χ3n) is 3.21. The Morgan fingerprint density at radius 3 is 2.56 bits per heavy atom. The highest BCUT2D eigenvalue weighted by molar-refractivity contribution is 6.31. The average Bonchev–Trinajstić information content (AvgIpc) is 2.56. The Hall–Kier alpha value is -0.580. The van der Waals surface area contributed by atoms with Crippen molar-refractivity contribution < 1.29 is 9.84 Å². The Bertz CT molecular complexity index is 402. The number of hydrogen-bond donors (Lipinski definition) is 1. The fraction of sp³-hybridized carbons (Fsp3) is 0.769. The van der Waals surface area contributed by atoms with Gasteiger partial charge in [-0.15, -0.1) is 0 Å². The van der Waals surface area contributed by atoms with E-state index in [1.807, 2.05) is 27.8 Å². The number of ether oxygens (including phenoxy) is 1. The highest BCUT2D eigenvalue weighted by Crippen LogP contribution is 2.24. The van der Waals surface area contributed by atoms with E-state index in [1.165, 1.54) is 0 Å². The average molecular weight is 275 g/mol. The van der Waals surface area contributed by atoms with Gasteiger partial charge in [-0.3, -0.25) is 4.68 Å². The molecule has 1 aromatic rings. The third kappa shape index (κ3) is 3.70. The van der Waals surface area contributed by atoms with Crippen molar-refractivity contribution in [3.05, 3.63) is 16.4 Å². The van der Waals surface area contributed by atoms with Crippen LogP contribution in [0.4, 0.5) is 0 Å². The first kappa shape index (κ1) is 15.5. The molecule has 104 valence electrons. The van der Waals surface area contributed by atoms with Gasteiger partial charge >= 0.3 is 0 Å². The van der Waals surface area contributed by atoms with Crippen LogP contribution in [-0.2, 0) is 24.6 Å². The Morgan fingerprint density at radius 1 is 1.50 bits per heavy atom. The molecule has 0 bridgehead atoms. The van der Waals surface area contributed by atoms with E-state index in [0.29, 0.717) is 17.9 Å². The van der Waals surface area contributed by atoms with Crippen LogP contribution in [0.5, 0.6) is 0 Å². The topological polar surface area (TPSA) is 47.3 Å². The summed E-state index contributed by atoms with van der Waals surface area (Å²) in [5, 5.41) is 15.1. The van der Waals surface area contributed by atoms with Crippen molar-refractivity contribution in [1.29, 1.82) is 0 Å². The fourth-order valence-electron chi connectivity index (χ4n) is 1.99. The van der Waals surface area contributed by atoms with E-state index in [4.69, 9.17) is 16.3 Å². The molecule has 1 heterocycles. The van der Waals surface area contributed by atoms with Crippen molar-refractivity contribution in [3.63, 3.8) is 0 Å². The molecule has 1 atom stereocenters. The van der Waals surface area contributed by atoms with E-state index in [0.717, 1.165) is 17.8 Å². The summed E-state index contributed by atoms with van der Waals surface area (Å²) in [6.07, 6.45) is 1.37. The molecule has 0 aliphatic heterocycles. The van der Waals surface area contributed by atoms with Crippen molar-refractivity contribution in [2.45, 2.75) is 51.7 Å². The zero-order valence-electron chi connectivity index (χ0n) is 11.8. The lowest BCUT2D eigenvalue weighted by Crippen LogP contribution is -2.30. The number of aliphatic hydroxyl groups excluding tert-OH is 1. The summed E-state index contributed by atoms with van der Waals surface area (Å²) in [5.41, 5.74) is 1.43. The lowest BCUT2D eigenvalue weighted by Gasteiger charge is -2.25. The van der Waals surface area contributed by atoms with Gasteiger partial charge in [-0.2, -0.15) is 5.10 Å². The first-order valence-corrected chi connectivity index (χ1v) is 6.62. The molecule has 0 aliphatic carbocycles. The van der Waals surface area contributed by atoms with Gasteiger partial charge in [0.05, 0.1) is 28.1 Å². The van der Waals surface area contributed by atoms with Crippen LogP contribution in [0.3, 0.4) is 0 Å². The van der Waals surface area contributed by atoms with Gasteiger partial charge < -0.3 is 9.84 Å². The maximum atomic E-state index is 10.1. The molecule has 4 nitrogen and oxygen atoms in total. The maximum absolute atomic E-state index is 10.1. The lowest BCUT2D eigenvalue weighted by molar-refractivity contribution is -0.0194. The van der Waals surface area contributed by atoms with Crippen LogP contribution >= 0.6 is 11.6 Å². The molecular formula is C13H23ClN2O2. The molecule has 0 saturated carbocycles. The molecule has 0 spiro atoms. The highest BCUT2D eigenvalue weighted by Gasteiger charge is 2.24. The quantitative estimate of drug-likeness (QED) is 0.866. The van der Waals surface area contributed by atoms with E-state index in [2.05, 4.69) is 5.10 Å². The van der Waals surface area contributed by atoms with Gasteiger partial charge in [-0.05, 0) is 20.3 Å². The maximum Gasteiger partial charge on any atom is 0.0850 e. The minimum absolute atomic E-state index is 0.335. The first-order valence-electron chi connectivity index (χ1n) is 6.24. The predicted molar refractivity (Wildman–Crippen MR) is 73.0 cm³/mol. The van der Waals surface area contributed by atoms with Crippen LogP contribution in [0.2, 0.25) is 5.02 Å². The number of aromatic nitrogens is 2. The number of hydrogen-bond acceptors (Lipinski definition) is 3. The molecular weight excluding hydrogens is 252 g/mol. The molecule has 0 fully saturated rings. The Balaban J connectivity index is 2.76. The molecule has 1 rings (SSSR count). The molecule has 0 aliphatic rings. The number of nitrogens with zero attached hydrogens (tertiary/aromatic N) is 2. The zero-order valence-corrected chi connectivity index (χ0v) is 12.6. The van der Waals surface area contributed by atoms with Crippen LogP contribution in [0.25, 0.3) is 0 Å². The minimum atomic E-state index is -0.488. The van der Waals surface area contributed by atoms with Gasteiger partial charge in [0.25, 0.3) is 0 Å². The first-order chi connectivity index (χ1) is 8.30. The smallest absolute Gasteiger partial charge is 0.0850 e. The number of methoxy groups -OCH3 is 1. The number of aliphatic hydroxyl groups is 1. The van der Waals surface area contributed by atoms with Crippen molar-refractivity contribution >= 4 is 11.6 Å². The number of halogens is 1. The fourth-order valence-corrected chi connectivity index (χ4v) is 2.36. The van der Waals surface area contributed by atoms with E-state index in [1.54, 1.807) is 11.8 Å². The van der Waals surface area contributed by atoms with Crippen LogP contribution < -0.4 is 0 Å². The monoisotopic (exact) mass is 274 g/mol. The molecule has 1 N–H and O–H groups in total. The summed E-state index contributed by atoms with van der Waals surface area (Å²) in [5.74, 6) is 0. The van der Waals surface area contributed by atoms with Gasteiger partial charge in [0.1, 0.15) is 0 Å². The Morgan fingerprint density at radius 2 is 2.11 bits per heavy atom. The number of rotatable bonds is 6. The van der Waals surface area contributed by atoms with E-state index >= 15 is 0 Å². The molecule has 5 heteroatoms. The van der Waals surface area contributed by atoms with Crippen molar-refractivity contribution in [2.75, 3.05) is 7.11 Å². The van der Waals surface area contributed by atoms with Crippen molar-refractivity contribution in [3.8, 4) is 0 Å². The van der Waals surface area contributed by atoms with Gasteiger partial charge in [0, 0.05) is 27.0 Å². The summed E-state index contributed by atoms with van der Waals surface area (Å²) in [7, 11) is 3.51. The highest BCUT2D eigenvalue weighted by atomic mass is 35.5. The minimum Gasteiger partial charge on any atom is -0.393 e. The molecule has 1 aromatic heterocycles. The van der Waals surface area contributed by atoms with Gasteiger partial charge in [0.2, 0.25) is 0 Å². The van der Waals surface area contributed by atoms with E-state index in [-0.39, 0.29) is 5.60 Å². The second-order valence-electron chi connectivity index (χ2n) is 5.21. The molecule has 0 aromatic carbocycles. The molecule has 1 unspecified atom stereocenters. The summed E-state index contributed by atoms with van der Waals surface area (Å²) < 4.78 is 7.07. The van der Waals surface area contributed by atoms with Crippen LogP contribution in [0.1, 0.15) is 38.6 Å². The Labute approximate surface area is 114 Å². The second-order valence-corrected chi connectivity index (χ2v) is 5.59. The van der Waals surface area contributed by atoms with Crippen molar-refractivity contribution in [1.82, 2.24) is 9.78 Å². The molecule has 0 saturated heterocycles. The SMILES string of the molecule is CCc1nn(C)c(CC(O)CC(C)(C)OC)c1Cl. The normalized spacial score (nSPS) is 13.9. The van der Waals surface area contributed by atoms with E-state index in [9.17, 15) is 5.11 Å². The largest absolute Gasteiger partial charge is 0.393 e. The van der Waals surface area contributed by atoms with Crippen LogP contribution in [0, 0.1) is 0 Å². The predicted octanol–water partition coefficient (Wildman–Crippen LogP) is 2.35. The summed E-state index contributed by atoms with van der Waals surface area (Å²) in [6, 6.07) is 0. The summed E-state index contributed by atoms with van der Waals surface area (Å²) in [4.78, 5) is 0. The molecule has 0 amide bonds. The molecule has 18 heavy (non-hydrogen) atoms. The Kier molecular flexibility index (Phi) is 5.20. The van der Waals surface area contributed by atoms with Crippen molar-refractivity contribution in [2.24, 2.45) is 7.05 Å². The van der Waals surface area contributed by atoms with Gasteiger partial charge in [-0.1, -0.05) is 18.5 Å². The van der Waals surface area contributed by atoms with Crippen LogP contribution in [0.15, 0.2) is 0 Å².